The van der Waals surface area contributed by atoms with Crippen LogP contribution in [0.2, 0.25) is 0 Å². The summed E-state index contributed by atoms with van der Waals surface area (Å²) in [5, 5.41) is 2.75. The third-order valence-electron chi connectivity index (χ3n) is 2.57. The second-order valence-corrected chi connectivity index (χ2v) is 4.27. The average molecular weight is 267 g/mol. The van der Waals surface area contributed by atoms with E-state index in [9.17, 15) is 13.2 Å². The molecule has 0 bridgehead atoms. The van der Waals surface area contributed by atoms with Gasteiger partial charge in [0.2, 0.25) is 0 Å². The van der Waals surface area contributed by atoms with E-state index in [-0.39, 0.29) is 17.8 Å². The molecule has 0 aliphatic carbocycles. The van der Waals surface area contributed by atoms with Crippen molar-refractivity contribution < 1.29 is 13.2 Å². The Balaban J connectivity index is 2.91. The number of hydrogen-bond acceptors (Lipinski definition) is 2. The van der Waals surface area contributed by atoms with Crippen molar-refractivity contribution in [3.63, 3.8) is 0 Å². The van der Waals surface area contributed by atoms with Gasteiger partial charge in [0.1, 0.15) is 5.82 Å². The minimum absolute atomic E-state index is 0.0553. The molecule has 2 atom stereocenters. The second kappa shape index (κ2) is 5.58. The van der Waals surface area contributed by atoms with Crippen LogP contribution in [0.5, 0.6) is 0 Å². The lowest BCUT2D eigenvalue weighted by Crippen LogP contribution is -2.27. The highest BCUT2D eigenvalue weighted by atomic mass is 35.5. The van der Waals surface area contributed by atoms with Gasteiger partial charge in [-0.15, -0.1) is 11.6 Å². The molecule has 0 amide bonds. The van der Waals surface area contributed by atoms with Crippen molar-refractivity contribution >= 4 is 17.4 Å². The van der Waals surface area contributed by atoms with Crippen LogP contribution in [-0.4, -0.2) is 16.9 Å². The maximum atomic E-state index is 12.7. The minimum Gasteiger partial charge on any atom is -0.367 e. The molecular weight excluding hydrogens is 253 g/mol. The topological polar surface area (TPSA) is 24.9 Å². The number of nitrogens with zero attached hydrogens (tertiary/aromatic N) is 1. The van der Waals surface area contributed by atoms with Gasteiger partial charge in [-0.1, -0.05) is 6.92 Å². The Morgan fingerprint density at radius 2 is 2.06 bits per heavy atom. The van der Waals surface area contributed by atoms with E-state index in [0.717, 1.165) is 6.07 Å². The van der Waals surface area contributed by atoms with Gasteiger partial charge in [0.15, 0.2) is 0 Å². The SMILES string of the molecule is CC(CCl)C(C)Nc1ncccc1C(F)(F)F. The number of halogens is 4. The first-order chi connectivity index (χ1) is 7.86. The van der Waals surface area contributed by atoms with Crippen molar-refractivity contribution in [2.75, 3.05) is 11.2 Å². The van der Waals surface area contributed by atoms with Gasteiger partial charge >= 0.3 is 6.18 Å². The highest BCUT2D eigenvalue weighted by molar-refractivity contribution is 6.18. The summed E-state index contributed by atoms with van der Waals surface area (Å²) in [4.78, 5) is 3.73. The Hall–Kier alpha value is -0.970. The summed E-state index contributed by atoms with van der Waals surface area (Å²) in [5.41, 5.74) is -0.756. The predicted octanol–water partition coefficient (Wildman–Crippen LogP) is 3.78. The largest absolute Gasteiger partial charge is 0.419 e. The summed E-state index contributed by atoms with van der Waals surface area (Å²) in [5.74, 6) is 0.284. The van der Waals surface area contributed by atoms with Gasteiger partial charge in [-0.3, -0.25) is 0 Å². The Morgan fingerprint density at radius 3 is 2.59 bits per heavy atom. The van der Waals surface area contributed by atoms with Gasteiger partial charge < -0.3 is 5.32 Å². The quantitative estimate of drug-likeness (QED) is 0.839. The van der Waals surface area contributed by atoms with Crippen molar-refractivity contribution in [1.29, 1.82) is 0 Å². The molecule has 0 aliphatic rings. The van der Waals surface area contributed by atoms with Crippen LogP contribution in [0.1, 0.15) is 19.4 Å². The van der Waals surface area contributed by atoms with E-state index in [0.29, 0.717) is 5.88 Å². The van der Waals surface area contributed by atoms with Crippen LogP contribution >= 0.6 is 11.6 Å². The standard InChI is InChI=1S/C11H14ClF3N2/c1-7(6-12)8(2)17-10-9(11(13,14)15)4-3-5-16-10/h3-5,7-8H,6H2,1-2H3,(H,16,17). The van der Waals surface area contributed by atoms with Crippen LogP contribution in [-0.2, 0) is 6.18 Å². The Bertz CT molecular complexity index is 368. The number of pyridine rings is 1. The van der Waals surface area contributed by atoms with Gasteiger partial charge in [0, 0.05) is 18.1 Å². The van der Waals surface area contributed by atoms with Gasteiger partial charge in [-0.05, 0) is 25.0 Å². The molecule has 0 saturated carbocycles. The molecule has 0 saturated heterocycles. The molecule has 0 radical (unpaired) electrons. The minimum atomic E-state index is -4.40. The number of hydrogen-bond donors (Lipinski definition) is 1. The average Bonchev–Trinajstić information content (AvgIpc) is 2.27. The number of nitrogens with one attached hydrogen (secondary N) is 1. The lowest BCUT2D eigenvalue weighted by Gasteiger charge is -2.21. The number of anilines is 1. The molecule has 1 N–H and O–H groups in total. The first-order valence-electron chi connectivity index (χ1n) is 5.21. The lowest BCUT2D eigenvalue weighted by molar-refractivity contribution is -0.137. The first kappa shape index (κ1) is 14.1. The van der Waals surface area contributed by atoms with Crippen molar-refractivity contribution in [3.05, 3.63) is 23.9 Å². The highest BCUT2D eigenvalue weighted by Crippen LogP contribution is 2.33. The summed E-state index contributed by atoms with van der Waals surface area (Å²) in [6.07, 6.45) is -3.07. The summed E-state index contributed by atoms with van der Waals surface area (Å²) in [7, 11) is 0. The third kappa shape index (κ3) is 3.77. The third-order valence-corrected chi connectivity index (χ3v) is 3.06. The molecule has 1 aromatic rings. The smallest absolute Gasteiger partial charge is 0.367 e. The van der Waals surface area contributed by atoms with E-state index in [1.54, 1.807) is 6.92 Å². The zero-order chi connectivity index (χ0) is 13.1. The Labute approximate surface area is 103 Å². The molecule has 1 aromatic heterocycles. The fourth-order valence-corrected chi connectivity index (χ4v) is 1.51. The van der Waals surface area contributed by atoms with Crippen molar-refractivity contribution in [1.82, 2.24) is 4.98 Å². The molecule has 0 spiro atoms. The number of alkyl halides is 4. The van der Waals surface area contributed by atoms with E-state index in [1.807, 2.05) is 6.92 Å². The Morgan fingerprint density at radius 1 is 1.41 bits per heavy atom. The fraction of sp³-hybridized carbons (Fsp3) is 0.545. The highest BCUT2D eigenvalue weighted by Gasteiger charge is 2.34. The van der Waals surface area contributed by atoms with E-state index < -0.39 is 11.7 Å². The molecule has 1 rings (SSSR count). The molecule has 0 fully saturated rings. The van der Waals surface area contributed by atoms with Crippen LogP contribution in [0, 0.1) is 5.92 Å². The summed E-state index contributed by atoms with van der Waals surface area (Å²) in [6, 6.07) is 2.10. The van der Waals surface area contributed by atoms with E-state index >= 15 is 0 Å². The number of rotatable bonds is 4. The molecular formula is C11H14ClF3N2. The van der Waals surface area contributed by atoms with Crippen LogP contribution in [0.25, 0.3) is 0 Å². The number of aromatic nitrogens is 1. The van der Waals surface area contributed by atoms with E-state index in [1.165, 1.54) is 12.3 Å². The van der Waals surface area contributed by atoms with Crippen molar-refractivity contribution in [2.24, 2.45) is 5.92 Å². The molecule has 2 nitrogen and oxygen atoms in total. The molecule has 0 aromatic carbocycles. The summed E-state index contributed by atoms with van der Waals surface area (Å²) >= 11 is 5.66. The maximum Gasteiger partial charge on any atom is 0.419 e. The molecule has 2 unspecified atom stereocenters. The predicted molar refractivity (Wildman–Crippen MR) is 62.2 cm³/mol. The van der Waals surface area contributed by atoms with Gasteiger partial charge in [-0.25, -0.2) is 4.98 Å². The normalized spacial score (nSPS) is 15.4. The van der Waals surface area contributed by atoms with Crippen LogP contribution in [0.4, 0.5) is 19.0 Å². The molecule has 0 aliphatic heterocycles. The molecule has 6 heteroatoms. The van der Waals surface area contributed by atoms with Gasteiger partial charge in [0.25, 0.3) is 0 Å². The molecule has 96 valence electrons. The zero-order valence-corrected chi connectivity index (χ0v) is 10.3. The summed E-state index contributed by atoms with van der Waals surface area (Å²) in [6.45, 7) is 3.64. The van der Waals surface area contributed by atoms with Crippen LogP contribution in [0.3, 0.4) is 0 Å². The monoisotopic (exact) mass is 266 g/mol. The molecule has 1 heterocycles. The maximum absolute atomic E-state index is 12.7. The fourth-order valence-electron chi connectivity index (χ4n) is 1.24. The lowest BCUT2D eigenvalue weighted by atomic mass is 10.1. The van der Waals surface area contributed by atoms with Crippen molar-refractivity contribution in [3.8, 4) is 0 Å². The van der Waals surface area contributed by atoms with E-state index in [4.69, 9.17) is 11.6 Å². The van der Waals surface area contributed by atoms with Crippen molar-refractivity contribution in [2.45, 2.75) is 26.1 Å². The first-order valence-corrected chi connectivity index (χ1v) is 5.74. The van der Waals surface area contributed by atoms with E-state index in [2.05, 4.69) is 10.3 Å². The van der Waals surface area contributed by atoms with Gasteiger partial charge in [-0.2, -0.15) is 13.2 Å². The zero-order valence-electron chi connectivity index (χ0n) is 9.55. The summed E-state index contributed by atoms with van der Waals surface area (Å²) < 4.78 is 38.0. The van der Waals surface area contributed by atoms with Crippen LogP contribution < -0.4 is 5.32 Å². The second-order valence-electron chi connectivity index (χ2n) is 3.96. The molecule has 17 heavy (non-hydrogen) atoms. The van der Waals surface area contributed by atoms with Crippen LogP contribution in [0.15, 0.2) is 18.3 Å². The Kier molecular flexibility index (Phi) is 4.62. The van der Waals surface area contributed by atoms with Gasteiger partial charge in [0.05, 0.1) is 5.56 Å².